The molecule has 1 heterocycles. The van der Waals surface area contributed by atoms with Crippen molar-refractivity contribution < 1.29 is 19.4 Å². The molecule has 0 bridgehead atoms. The SMILES string of the molecule is CCOC(=O)c1cccc(N(Cc2cccnc2)c2ccc(OC)c(O)c2)c1. The average molecular weight is 378 g/mol. The summed E-state index contributed by atoms with van der Waals surface area (Å²) in [6, 6.07) is 16.2. The molecule has 3 aromatic rings. The van der Waals surface area contributed by atoms with Crippen molar-refractivity contribution in [1.82, 2.24) is 4.98 Å². The van der Waals surface area contributed by atoms with Crippen LogP contribution in [0, 0.1) is 0 Å². The summed E-state index contributed by atoms with van der Waals surface area (Å²) < 4.78 is 10.3. The van der Waals surface area contributed by atoms with Gasteiger partial charge in [-0.1, -0.05) is 12.1 Å². The third-order valence-electron chi connectivity index (χ3n) is 4.21. The number of esters is 1. The molecule has 0 radical (unpaired) electrons. The molecule has 6 heteroatoms. The summed E-state index contributed by atoms with van der Waals surface area (Å²) in [6.07, 6.45) is 3.50. The van der Waals surface area contributed by atoms with E-state index in [0.717, 1.165) is 16.9 Å². The summed E-state index contributed by atoms with van der Waals surface area (Å²) in [4.78, 5) is 18.3. The van der Waals surface area contributed by atoms with E-state index in [4.69, 9.17) is 9.47 Å². The third kappa shape index (κ3) is 4.40. The zero-order valence-electron chi connectivity index (χ0n) is 15.8. The van der Waals surface area contributed by atoms with Crippen LogP contribution < -0.4 is 9.64 Å². The van der Waals surface area contributed by atoms with E-state index in [0.29, 0.717) is 24.5 Å². The largest absolute Gasteiger partial charge is 0.504 e. The number of pyridine rings is 1. The molecule has 0 aliphatic carbocycles. The second-order valence-corrected chi connectivity index (χ2v) is 6.07. The fourth-order valence-corrected chi connectivity index (χ4v) is 2.87. The van der Waals surface area contributed by atoms with E-state index in [1.807, 2.05) is 29.2 Å². The Hall–Kier alpha value is -3.54. The number of methoxy groups -OCH3 is 1. The highest BCUT2D eigenvalue weighted by molar-refractivity contribution is 5.91. The Morgan fingerprint density at radius 2 is 1.93 bits per heavy atom. The summed E-state index contributed by atoms with van der Waals surface area (Å²) in [5, 5.41) is 10.2. The normalized spacial score (nSPS) is 10.4. The van der Waals surface area contributed by atoms with E-state index in [-0.39, 0.29) is 11.7 Å². The van der Waals surface area contributed by atoms with Crippen molar-refractivity contribution in [3.05, 3.63) is 78.1 Å². The quantitative estimate of drug-likeness (QED) is 0.618. The van der Waals surface area contributed by atoms with Crippen molar-refractivity contribution in [3.63, 3.8) is 0 Å². The molecule has 28 heavy (non-hydrogen) atoms. The molecule has 0 atom stereocenters. The van der Waals surface area contributed by atoms with Crippen LogP contribution in [0.15, 0.2) is 67.0 Å². The molecular formula is C22H22N2O4. The van der Waals surface area contributed by atoms with Crippen LogP contribution in [0.5, 0.6) is 11.5 Å². The lowest BCUT2D eigenvalue weighted by Gasteiger charge is -2.26. The first-order chi connectivity index (χ1) is 13.6. The Labute approximate surface area is 164 Å². The maximum absolute atomic E-state index is 12.1. The van der Waals surface area contributed by atoms with Crippen molar-refractivity contribution in [1.29, 1.82) is 0 Å². The number of rotatable bonds is 7. The number of aromatic nitrogens is 1. The number of carbonyl (C=O) groups excluding carboxylic acids is 1. The first-order valence-corrected chi connectivity index (χ1v) is 8.93. The number of hydrogen-bond donors (Lipinski definition) is 1. The highest BCUT2D eigenvalue weighted by Crippen LogP contribution is 2.35. The molecule has 3 rings (SSSR count). The number of phenolic OH excluding ortho intramolecular Hbond substituents is 1. The number of benzene rings is 2. The summed E-state index contributed by atoms with van der Waals surface area (Å²) in [7, 11) is 1.50. The van der Waals surface area contributed by atoms with Crippen LogP contribution in [0.1, 0.15) is 22.8 Å². The second-order valence-electron chi connectivity index (χ2n) is 6.07. The molecule has 0 fully saturated rings. The molecule has 0 amide bonds. The van der Waals surface area contributed by atoms with Gasteiger partial charge in [-0.3, -0.25) is 4.98 Å². The van der Waals surface area contributed by atoms with Crippen molar-refractivity contribution in [2.75, 3.05) is 18.6 Å². The van der Waals surface area contributed by atoms with Gasteiger partial charge in [0.25, 0.3) is 0 Å². The first-order valence-electron chi connectivity index (χ1n) is 8.93. The summed E-state index contributed by atoms with van der Waals surface area (Å²) in [5.41, 5.74) is 3.00. The van der Waals surface area contributed by atoms with Gasteiger partial charge in [0.05, 0.1) is 19.3 Å². The van der Waals surface area contributed by atoms with Gasteiger partial charge in [0.15, 0.2) is 11.5 Å². The molecular weight excluding hydrogens is 356 g/mol. The van der Waals surface area contributed by atoms with Gasteiger partial charge in [-0.15, -0.1) is 0 Å². The minimum atomic E-state index is -0.372. The molecule has 1 N–H and O–H groups in total. The smallest absolute Gasteiger partial charge is 0.338 e. The van der Waals surface area contributed by atoms with Crippen LogP contribution >= 0.6 is 0 Å². The van der Waals surface area contributed by atoms with Crippen LogP contribution in [-0.2, 0) is 11.3 Å². The third-order valence-corrected chi connectivity index (χ3v) is 4.21. The Morgan fingerprint density at radius 1 is 1.11 bits per heavy atom. The zero-order chi connectivity index (χ0) is 19.9. The molecule has 0 saturated carbocycles. The van der Waals surface area contributed by atoms with Gasteiger partial charge in [0.2, 0.25) is 0 Å². The summed E-state index contributed by atoms with van der Waals surface area (Å²) in [5.74, 6) is 0.0614. The fraction of sp³-hybridized carbons (Fsp3) is 0.182. The van der Waals surface area contributed by atoms with E-state index in [9.17, 15) is 9.90 Å². The van der Waals surface area contributed by atoms with Crippen LogP contribution in [0.3, 0.4) is 0 Å². The van der Waals surface area contributed by atoms with Crippen molar-refractivity contribution in [3.8, 4) is 11.5 Å². The van der Waals surface area contributed by atoms with Gasteiger partial charge >= 0.3 is 5.97 Å². The van der Waals surface area contributed by atoms with Crippen LogP contribution in [0.25, 0.3) is 0 Å². The Morgan fingerprint density at radius 3 is 2.61 bits per heavy atom. The minimum absolute atomic E-state index is 0.0396. The van der Waals surface area contributed by atoms with E-state index in [1.54, 1.807) is 49.6 Å². The lowest BCUT2D eigenvalue weighted by molar-refractivity contribution is 0.0526. The molecule has 2 aromatic carbocycles. The lowest BCUT2D eigenvalue weighted by Crippen LogP contribution is -2.17. The van der Waals surface area contributed by atoms with E-state index in [2.05, 4.69) is 4.98 Å². The Kier molecular flexibility index (Phi) is 6.11. The van der Waals surface area contributed by atoms with E-state index < -0.39 is 0 Å². The first kappa shape index (κ1) is 19.2. The van der Waals surface area contributed by atoms with Gasteiger partial charge in [0.1, 0.15) is 0 Å². The summed E-state index contributed by atoms with van der Waals surface area (Å²) in [6.45, 7) is 2.59. The molecule has 0 unspecified atom stereocenters. The van der Waals surface area contributed by atoms with Gasteiger partial charge in [-0.05, 0) is 48.9 Å². The van der Waals surface area contributed by atoms with Gasteiger partial charge in [0, 0.05) is 36.4 Å². The highest BCUT2D eigenvalue weighted by atomic mass is 16.5. The Balaban J connectivity index is 2.02. The topological polar surface area (TPSA) is 71.9 Å². The van der Waals surface area contributed by atoms with Gasteiger partial charge in [-0.2, -0.15) is 0 Å². The van der Waals surface area contributed by atoms with Crippen molar-refractivity contribution in [2.24, 2.45) is 0 Å². The lowest BCUT2D eigenvalue weighted by atomic mass is 10.1. The molecule has 144 valence electrons. The van der Waals surface area contributed by atoms with Crippen LogP contribution in [-0.4, -0.2) is 29.8 Å². The number of nitrogens with zero attached hydrogens (tertiary/aromatic N) is 2. The van der Waals surface area contributed by atoms with Crippen molar-refractivity contribution in [2.45, 2.75) is 13.5 Å². The van der Waals surface area contributed by atoms with Gasteiger partial charge in [-0.25, -0.2) is 4.79 Å². The maximum Gasteiger partial charge on any atom is 0.338 e. The van der Waals surface area contributed by atoms with Crippen LogP contribution in [0.2, 0.25) is 0 Å². The number of phenols is 1. The average Bonchev–Trinajstić information content (AvgIpc) is 2.73. The molecule has 0 aliphatic heterocycles. The monoisotopic (exact) mass is 378 g/mol. The number of hydrogen-bond acceptors (Lipinski definition) is 6. The molecule has 0 saturated heterocycles. The van der Waals surface area contributed by atoms with E-state index in [1.165, 1.54) is 7.11 Å². The predicted molar refractivity (Wildman–Crippen MR) is 107 cm³/mol. The number of ether oxygens (including phenoxy) is 2. The van der Waals surface area contributed by atoms with E-state index >= 15 is 0 Å². The van der Waals surface area contributed by atoms with Gasteiger partial charge < -0.3 is 19.5 Å². The Bertz CT molecular complexity index is 944. The van der Waals surface area contributed by atoms with Crippen LogP contribution in [0.4, 0.5) is 11.4 Å². The zero-order valence-corrected chi connectivity index (χ0v) is 15.8. The minimum Gasteiger partial charge on any atom is -0.504 e. The predicted octanol–water partition coefficient (Wildman–Crippen LogP) is 4.31. The summed E-state index contributed by atoms with van der Waals surface area (Å²) >= 11 is 0. The number of carbonyl (C=O) groups is 1. The fourth-order valence-electron chi connectivity index (χ4n) is 2.87. The second kappa shape index (κ2) is 8.90. The highest BCUT2D eigenvalue weighted by Gasteiger charge is 2.15. The molecule has 6 nitrogen and oxygen atoms in total. The van der Waals surface area contributed by atoms with Crippen molar-refractivity contribution >= 4 is 17.3 Å². The number of anilines is 2. The maximum atomic E-state index is 12.1. The molecule has 1 aromatic heterocycles. The number of aromatic hydroxyl groups is 1. The molecule has 0 aliphatic rings. The standard InChI is InChI=1S/C22H22N2O4/c1-3-28-22(26)17-7-4-8-18(12-17)24(15-16-6-5-11-23-14-16)19-9-10-21(27-2)20(25)13-19/h4-14,25H,3,15H2,1-2H3. The molecule has 0 spiro atoms.